The Morgan fingerprint density at radius 2 is 2.17 bits per heavy atom. The number of aromatic nitrogens is 2. The van der Waals surface area contributed by atoms with Crippen molar-refractivity contribution in [3.05, 3.63) is 41.7 Å². The van der Waals surface area contributed by atoms with E-state index in [2.05, 4.69) is 36.4 Å². The Bertz CT molecular complexity index is 969. The molecule has 1 atom stereocenters. The quantitative estimate of drug-likeness (QED) is 0.555. The van der Waals surface area contributed by atoms with Gasteiger partial charge in [0.25, 0.3) is 5.91 Å². The van der Waals surface area contributed by atoms with Crippen molar-refractivity contribution < 1.29 is 4.79 Å². The lowest BCUT2D eigenvalue weighted by Gasteiger charge is -2.09. The van der Waals surface area contributed by atoms with Gasteiger partial charge in [0.2, 0.25) is 0 Å². The second-order valence-corrected chi connectivity index (χ2v) is 5.92. The van der Waals surface area contributed by atoms with Gasteiger partial charge in [-0.2, -0.15) is 0 Å². The first-order valence-corrected chi connectivity index (χ1v) is 7.80. The summed E-state index contributed by atoms with van der Waals surface area (Å²) in [7, 11) is 2.60. The molecule has 3 rings (SSSR count). The first-order valence-electron chi connectivity index (χ1n) is 6.84. The number of fused-ring (bicyclic) bond motifs is 1. The molecule has 0 spiro atoms. The van der Waals surface area contributed by atoms with Gasteiger partial charge in [-0.05, 0) is 35.8 Å². The van der Waals surface area contributed by atoms with E-state index in [4.69, 9.17) is 11.6 Å². The molecule has 1 aromatic carbocycles. The number of pyridine rings is 1. The van der Waals surface area contributed by atoms with Crippen LogP contribution in [0.15, 0.2) is 36.7 Å². The van der Waals surface area contributed by atoms with Crippen molar-refractivity contribution in [1.29, 1.82) is 0 Å². The number of anilines is 1. The van der Waals surface area contributed by atoms with Crippen LogP contribution < -0.4 is 10.6 Å². The number of aromatic amines is 1. The number of carbonyl (C=O) groups excluding carboxylic acids is 1. The number of rotatable bonds is 2. The normalized spacial score (nSPS) is 10.2. The summed E-state index contributed by atoms with van der Waals surface area (Å²) in [5.74, 6) is 4.71. The molecule has 0 fully saturated rings. The maximum atomic E-state index is 11.7. The Morgan fingerprint density at radius 1 is 1.35 bits per heavy atom. The molecule has 0 aliphatic rings. The first kappa shape index (κ1) is 15.6. The van der Waals surface area contributed by atoms with Crippen LogP contribution in [0, 0.1) is 11.8 Å². The van der Waals surface area contributed by atoms with Crippen molar-refractivity contribution in [2.75, 3.05) is 5.32 Å². The number of benzene rings is 1. The molecular weight excluding hydrogens is 329 g/mol. The van der Waals surface area contributed by atoms with E-state index in [0.29, 0.717) is 10.7 Å². The second-order valence-electron chi connectivity index (χ2n) is 4.89. The number of amides is 1. The molecule has 114 valence electrons. The number of nitrogens with zero attached hydrogens (tertiary/aromatic N) is 1. The van der Waals surface area contributed by atoms with Crippen LogP contribution in [-0.2, 0) is 4.79 Å². The predicted octanol–water partition coefficient (Wildman–Crippen LogP) is 3.35. The van der Waals surface area contributed by atoms with E-state index in [1.807, 2.05) is 24.3 Å². The number of carbonyl (C=O) groups is 1. The molecule has 6 heteroatoms. The standard InChI is InChI=1S/C17H13ClN3OP/c1-2-3-16(22)21-14-7-10(4-5-15(14)23)11-6-12-13(18)9-20-17(12)19-8-11/h4-9H,23H2,1H3,(H,19,20)(H,21,22). The fraction of sp³-hybridized carbons (Fsp3) is 0.0588. The molecule has 0 radical (unpaired) electrons. The Hall–Kier alpha value is -2.34. The SMILES string of the molecule is CC#CC(=O)Nc1cc(-c2cnc3[nH]cc(Cl)c3c2)ccc1P. The third-order valence-corrected chi connectivity index (χ3v) is 4.17. The Kier molecular flexibility index (Phi) is 4.34. The van der Waals surface area contributed by atoms with E-state index in [0.717, 1.165) is 27.5 Å². The maximum Gasteiger partial charge on any atom is 0.300 e. The molecule has 1 amide bonds. The summed E-state index contributed by atoms with van der Waals surface area (Å²) in [6, 6.07) is 7.74. The zero-order valence-corrected chi connectivity index (χ0v) is 14.2. The van der Waals surface area contributed by atoms with Crippen LogP contribution in [0.3, 0.4) is 0 Å². The minimum Gasteiger partial charge on any atom is -0.345 e. The van der Waals surface area contributed by atoms with Gasteiger partial charge in [0.05, 0.1) is 5.02 Å². The summed E-state index contributed by atoms with van der Waals surface area (Å²) < 4.78 is 0. The largest absolute Gasteiger partial charge is 0.345 e. The average Bonchev–Trinajstić information content (AvgIpc) is 2.91. The van der Waals surface area contributed by atoms with Gasteiger partial charge in [0, 0.05) is 29.0 Å². The van der Waals surface area contributed by atoms with E-state index in [1.165, 1.54) is 0 Å². The molecule has 0 aliphatic heterocycles. The molecule has 3 aromatic rings. The van der Waals surface area contributed by atoms with Crippen molar-refractivity contribution >= 4 is 48.8 Å². The molecule has 2 aromatic heterocycles. The van der Waals surface area contributed by atoms with Gasteiger partial charge >= 0.3 is 0 Å². The van der Waals surface area contributed by atoms with E-state index >= 15 is 0 Å². The summed E-state index contributed by atoms with van der Waals surface area (Å²) in [6.45, 7) is 1.62. The zero-order valence-electron chi connectivity index (χ0n) is 12.3. The zero-order chi connectivity index (χ0) is 16.4. The summed E-state index contributed by atoms with van der Waals surface area (Å²) in [4.78, 5) is 19.0. The minimum atomic E-state index is -0.337. The van der Waals surface area contributed by atoms with Crippen molar-refractivity contribution in [1.82, 2.24) is 9.97 Å². The van der Waals surface area contributed by atoms with Crippen LogP contribution in [-0.4, -0.2) is 15.9 Å². The topological polar surface area (TPSA) is 57.8 Å². The summed E-state index contributed by atoms with van der Waals surface area (Å²) in [5, 5.41) is 5.15. The van der Waals surface area contributed by atoms with Gasteiger partial charge in [-0.3, -0.25) is 4.79 Å². The Labute approximate surface area is 140 Å². The molecule has 0 saturated carbocycles. The van der Waals surface area contributed by atoms with Crippen LogP contribution in [0.2, 0.25) is 5.02 Å². The summed E-state index contributed by atoms with van der Waals surface area (Å²) >= 11 is 6.15. The fourth-order valence-electron chi connectivity index (χ4n) is 2.24. The average molecular weight is 342 g/mol. The van der Waals surface area contributed by atoms with E-state index in [-0.39, 0.29) is 5.91 Å². The Morgan fingerprint density at radius 3 is 2.96 bits per heavy atom. The Balaban J connectivity index is 2.02. The second kappa shape index (κ2) is 6.42. The lowest BCUT2D eigenvalue weighted by molar-refractivity contribution is -0.111. The summed E-state index contributed by atoms with van der Waals surface area (Å²) in [6.07, 6.45) is 3.48. The molecule has 0 saturated heterocycles. The third-order valence-electron chi connectivity index (χ3n) is 3.35. The van der Waals surface area contributed by atoms with Gasteiger partial charge in [-0.15, -0.1) is 9.24 Å². The van der Waals surface area contributed by atoms with Crippen molar-refractivity contribution in [3.8, 4) is 23.0 Å². The number of H-pyrrole nitrogens is 1. The maximum absolute atomic E-state index is 11.7. The molecule has 1 unspecified atom stereocenters. The van der Waals surface area contributed by atoms with Gasteiger partial charge in [0.15, 0.2) is 0 Å². The van der Waals surface area contributed by atoms with Gasteiger partial charge in [0.1, 0.15) is 5.65 Å². The highest BCUT2D eigenvalue weighted by Crippen LogP contribution is 2.28. The smallest absolute Gasteiger partial charge is 0.300 e. The molecule has 2 N–H and O–H groups in total. The van der Waals surface area contributed by atoms with Gasteiger partial charge in [-0.25, -0.2) is 4.98 Å². The fourth-order valence-corrected chi connectivity index (χ4v) is 2.69. The molecule has 0 bridgehead atoms. The highest BCUT2D eigenvalue weighted by Gasteiger charge is 2.08. The van der Waals surface area contributed by atoms with Crippen molar-refractivity contribution in [2.24, 2.45) is 0 Å². The third kappa shape index (κ3) is 3.22. The highest BCUT2D eigenvalue weighted by molar-refractivity contribution is 7.28. The van der Waals surface area contributed by atoms with Gasteiger partial charge in [-0.1, -0.05) is 29.7 Å². The number of hydrogen-bond acceptors (Lipinski definition) is 2. The van der Waals surface area contributed by atoms with Gasteiger partial charge < -0.3 is 10.3 Å². The minimum absolute atomic E-state index is 0.337. The van der Waals surface area contributed by atoms with Crippen molar-refractivity contribution in [3.63, 3.8) is 0 Å². The lowest BCUT2D eigenvalue weighted by Crippen LogP contribution is -2.13. The van der Waals surface area contributed by atoms with Crippen LogP contribution in [0.5, 0.6) is 0 Å². The van der Waals surface area contributed by atoms with E-state index in [9.17, 15) is 4.79 Å². The first-order chi connectivity index (χ1) is 11.1. The predicted molar refractivity (Wildman–Crippen MR) is 98.0 cm³/mol. The van der Waals surface area contributed by atoms with Crippen LogP contribution >= 0.6 is 20.8 Å². The molecule has 0 aliphatic carbocycles. The van der Waals surface area contributed by atoms with E-state index in [1.54, 1.807) is 19.3 Å². The number of halogens is 1. The molecule has 23 heavy (non-hydrogen) atoms. The van der Waals surface area contributed by atoms with Crippen LogP contribution in [0.4, 0.5) is 5.69 Å². The van der Waals surface area contributed by atoms with Crippen LogP contribution in [0.1, 0.15) is 6.92 Å². The number of hydrogen-bond donors (Lipinski definition) is 2. The molecular formula is C17H13ClN3OP. The highest BCUT2D eigenvalue weighted by atomic mass is 35.5. The van der Waals surface area contributed by atoms with Crippen molar-refractivity contribution in [2.45, 2.75) is 6.92 Å². The van der Waals surface area contributed by atoms with E-state index < -0.39 is 0 Å². The monoisotopic (exact) mass is 341 g/mol. The molecule has 4 nitrogen and oxygen atoms in total. The number of nitrogens with one attached hydrogen (secondary N) is 2. The molecule has 2 heterocycles. The summed E-state index contributed by atoms with van der Waals surface area (Å²) in [5.41, 5.74) is 3.29. The lowest BCUT2D eigenvalue weighted by atomic mass is 10.1. The van der Waals surface area contributed by atoms with Crippen LogP contribution in [0.25, 0.3) is 22.2 Å².